The van der Waals surface area contributed by atoms with Gasteiger partial charge in [0.15, 0.2) is 0 Å². The van der Waals surface area contributed by atoms with E-state index in [1.165, 1.54) is 6.26 Å². The van der Waals surface area contributed by atoms with Crippen molar-refractivity contribution in [1.29, 1.82) is 0 Å². The second-order valence-electron chi connectivity index (χ2n) is 4.15. The van der Waals surface area contributed by atoms with E-state index in [4.69, 9.17) is 10.2 Å². The van der Waals surface area contributed by atoms with Gasteiger partial charge in [0.05, 0.1) is 17.7 Å². The summed E-state index contributed by atoms with van der Waals surface area (Å²) in [5.74, 6) is -1.07. The third kappa shape index (κ3) is 2.34. The van der Waals surface area contributed by atoms with Crippen LogP contribution >= 0.6 is 0 Å². The maximum absolute atomic E-state index is 12.0. The van der Waals surface area contributed by atoms with Crippen molar-refractivity contribution < 1.29 is 14.0 Å². The summed E-state index contributed by atoms with van der Waals surface area (Å²) in [6.07, 6.45) is 1.54. The molecule has 1 heterocycles. The van der Waals surface area contributed by atoms with Crippen molar-refractivity contribution in [1.82, 2.24) is 5.32 Å². The van der Waals surface area contributed by atoms with Crippen LogP contribution in [-0.2, 0) is 4.79 Å². The zero-order valence-electron chi connectivity index (χ0n) is 9.97. The number of carbonyl (C=O) groups is 2. The minimum Gasteiger partial charge on any atom is -0.464 e. The second kappa shape index (κ2) is 4.91. The topological polar surface area (TPSA) is 85.3 Å². The zero-order chi connectivity index (χ0) is 13.1. The standard InChI is InChI=1S/C13H14N2O3/c1-8(12(14)16)7-15-13(17)10-3-2-4-11-9(10)5-6-18-11/h2-6,8H,7H2,1H3,(H2,14,16)(H,15,17)/t8-/m1/s1. The minimum absolute atomic E-state index is 0.225. The van der Waals surface area contributed by atoms with Gasteiger partial charge < -0.3 is 15.5 Å². The summed E-state index contributed by atoms with van der Waals surface area (Å²) in [6.45, 7) is 1.89. The van der Waals surface area contributed by atoms with E-state index in [0.717, 1.165) is 5.39 Å². The fourth-order valence-electron chi connectivity index (χ4n) is 1.63. The Morgan fingerprint density at radius 2 is 2.17 bits per heavy atom. The Bertz CT molecular complexity index is 589. The van der Waals surface area contributed by atoms with Crippen LogP contribution in [0.3, 0.4) is 0 Å². The number of amides is 2. The number of nitrogens with two attached hydrogens (primary N) is 1. The highest BCUT2D eigenvalue weighted by Crippen LogP contribution is 2.19. The first kappa shape index (κ1) is 12.2. The van der Waals surface area contributed by atoms with Crippen LogP contribution in [0.2, 0.25) is 0 Å². The first-order valence-corrected chi connectivity index (χ1v) is 5.63. The van der Waals surface area contributed by atoms with Gasteiger partial charge in [-0.1, -0.05) is 13.0 Å². The molecule has 3 N–H and O–H groups in total. The number of benzene rings is 1. The van der Waals surface area contributed by atoms with Crippen molar-refractivity contribution in [2.24, 2.45) is 11.7 Å². The van der Waals surface area contributed by atoms with Crippen molar-refractivity contribution in [2.75, 3.05) is 6.54 Å². The van der Waals surface area contributed by atoms with Crippen molar-refractivity contribution >= 4 is 22.8 Å². The van der Waals surface area contributed by atoms with Crippen LogP contribution in [0.5, 0.6) is 0 Å². The van der Waals surface area contributed by atoms with Gasteiger partial charge in [-0.2, -0.15) is 0 Å². The Morgan fingerprint density at radius 3 is 2.89 bits per heavy atom. The predicted molar refractivity (Wildman–Crippen MR) is 66.9 cm³/mol. The molecule has 0 aliphatic rings. The van der Waals surface area contributed by atoms with Crippen LogP contribution in [0.25, 0.3) is 11.0 Å². The van der Waals surface area contributed by atoms with E-state index in [2.05, 4.69) is 5.32 Å². The Labute approximate surface area is 104 Å². The molecular formula is C13H14N2O3. The number of hydrogen-bond acceptors (Lipinski definition) is 3. The molecule has 1 atom stereocenters. The van der Waals surface area contributed by atoms with E-state index < -0.39 is 11.8 Å². The van der Waals surface area contributed by atoms with Crippen LogP contribution in [-0.4, -0.2) is 18.4 Å². The summed E-state index contributed by atoms with van der Waals surface area (Å²) in [4.78, 5) is 22.9. The summed E-state index contributed by atoms with van der Waals surface area (Å²) in [5, 5.41) is 3.43. The number of carbonyl (C=O) groups excluding carboxylic acids is 2. The second-order valence-corrected chi connectivity index (χ2v) is 4.15. The number of fused-ring (bicyclic) bond motifs is 1. The maximum Gasteiger partial charge on any atom is 0.252 e. The zero-order valence-corrected chi connectivity index (χ0v) is 9.97. The highest BCUT2D eigenvalue weighted by atomic mass is 16.3. The van der Waals surface area contributed by atoms with Crippen molar-refractivity contribution in [3.63, 3.8) is 0 Å². The fraction of sp³-hybridized carbons (Fsp3) is 0.231. The molecule has 0 bridgehead atoms. The molecule has 2 aromatic rings. The normalized spacial score (nSPS) is 12.3. The molecule has 1 aromatic heterocycles. The molecule has 5 nitrogen and oxygen atoms in total. The lowest BCUT2D eigenvalue weighted by atomic mass is 10.1. The first-order valence-electron chi connectivity index (χ1n) is 5.63. The van der Waals surface area contributed by atoms with Crippen LogP contribution in [0.1, 0.15) is 17.3 Å². The van der Waals surface area contributed by atoms with Crippen LogP contribution < -0.4 is 11.1 Å². The lowest BCUT2D eigenvalue weighted by Crippen LogP contribution is -2.34. The Kier molecular flexibility index (Phi) is 3.32. The van der Waals surface area contributed by atoms with Gasteiger partial charge in [0.2, 0.25) is 5.91 Å². The molecular weight excluding hydrogens is 232 g/mol. The van der Waals surface area contributed by atoms with E-state index in [-0.39, 0.29) is 12.5 Å². The molecule has 2 rings (SSSR count). The molecule has 0 saturated carbocycles. The van der Waals surface area contributed by atoms with Crippen LogP contribution in [0.4, 0.5) is 0 Å². The van der Waals surface area contributed by atoms with Crippen LogP contribution in [0.15, 0.2) is 34.9 Å². The van der Waals surface area contributed by atoms with E-state index in [1.54, 1.807) is 31.2 Å². The van der Waals surface area contributed by atoms with Gasteiger partial charge in [-0.15, -0.1) is 0 Å². The average molecular weight is 246 g/mol. The molecule has 2 amide bonds. The van der Waals surface area contributed by atoms with E-state index >= 15 is 0 Å². The average Bonchev–Trinajstić information content (AvgIpc) is 2.83. The van der Waals surface area contributed by atoms with Gasteiger partial charge in [-0.3, -0.25) is 9.59 Å². The van der Waals surface area contributed by atoms with E-state index in [9.17, 15) is 9.59 Å². The lowest BCUT2D eigenvalue weighted by Gasteiger charge is -2.09. The number of nitrogens with one attached hydrogen (secondary N) is 1. The van der Waals surface area contributed by atoms with E-state index in [0.29, 0.717) is 11.1 Å². The molecule has 0 unspecified atom stereocenters. The van der Waals surface area contributed by atoms with E-state index in [1.807, 2.05) is 0 Å². The quantitative estimate of drug-likeness (QED) is 0.852. The maximum atomic E-state index is 12.0. The summed E-state index contributed by atoms with van der Waals surface area (Å²) < 4.78 is 5.22. The third-order valence-electron chi connectivity index (χ3n) is 2.79. The molecule has 0 saturated heterocycles. The largest absolute Gasteiger partial charge is 0.464 e. The molecule has 5 heteroatoms. The number of rotatable bonds is 4. The smallest absolute Gasteiger partial charge is 0.252 e. The third-order valence-corrected chi connectivity index (χ3v) is 2.79. The molecule has 0 aliphatic carbocycles. The summed E-state index contributed by atoms with van der Waals surface area (Å²) in [7, 11) is 0. The summed E-state index contributed by atoms with van der Waals surface area (Å²) >= 11 is 0. The molecule has 0 aliphatic heterocycles. The monoisotopic (exact) mass is 246 g/mol. The molecule has 0 fully saturated rings. The number of hydrogen-bond donors (Lipinski definition) is 2. The summed E-state index contributed by atoms with van der Waals surface area (Å²) in [6, 6.07) is 6.99. The Morgan fingerprint density at radius 1 is 1.39 bits per heavy atom. The Balaban J connectivity index is 2.14. The van der Waals surface area contributed by atoms with Gasteiger partial charge >= 0.3 is 0 Å². The van der Waals surface area contributed by atoms with Crippen LogP contribution in [0, 0.1) is 5.92 Å². The van der Waals surface area contributed by atoms with Gasteiger partial charge in [0, 0.05) is 11.9 Å². The number of primary amides is 1. The molecule has 1 aromatic carbocycles. The van der Waals surface area contributed by atoms with Gasteiger partial charge in [-0.25, -0.2) is 0 Å². The van der Waals surface area contributed by atoms with Gasteiger partial charge in [-0.05, 0) is 18.2 Å². The van der Waals surface area contributed by atoms with Crippen molar-refractivity contribution in [2.45, 2.75) is 6.92 Å². The van der Waals surface area contributed by atoms with Gasteiger partial charge in [0.25, 0.3) is 5.91 Å². The predicted octanol–water partition coefficient (Wildman–Crippen LogP) is 1.28. The first-order chi connectivity index (χ1) is 8.59. The molecule has 94 valence electrons. The highest BCUT2D eigenvalue weighted by molar-refractivity contribution is 6.05. The highest BCUT2D eigenvalue weighted by Gasteiger charge is 2.14. The minimum atomic E-state index is -0.434. The molecule has 0 spiro atoms. The molecule has 18 heavy (non-hydrogen) atoms. The number of furan rings is 1. The molecule has 0 radical (unpaired) electrons. The van der Waals surface area contributed by atoms with Crippen molar-refractivity contribution in [3.05, 3.63) is 36.1 Å². The van der Waals surface area contributed by atoms with Gasteiger partial charge in [0.1, 0.15) is 5.58 Å². The summed E-state index contributed by atoms with van der Waals surface area (Å²) in [5.41, 5.74) is 6.31. The SMILES string of the molecule is C[C@H](CNC(=O)c1cccc2occc12)C(N)=O. The van der Waals surface area contributed by atoms with Crippen molar-refractivity contribution in [3.8, 4) is 0 Å². The fourth-order valence-corrected chi connectivity index (χ4v) is 1.63. The Hall–Kier alpha value is -2.30. The lowest BCUT2D eigenvalue weighted by molar-refractivity contribution is -0.121.